The Labute approximate surface area is 305 Å². The third kappa shape index (κ3) is 9.45. The van der Waals surface area contributed by atoms with Gasteiger partial charge in [0.25, 0.3) is 15.9 Å². The molecule has 284 valence electrons. The molecule has 52 heavy (non-hydrogen) atoms. The molecule has 1 aliphatic heterocycles. The summed E-state index contributed by atoms with van der Waals surface area (Å²) in [6.07, 6.45) is -0.743. The Hall–Kier alpha value is -4.12. The van der Waals surface area contributed by atoms with Gasteiger partial charge in [0.15, 0.2) is 10.8 Å². The topological polar surface area (TPSA) is 158 Å². The Kier molecular flexibility index (Phi) is 11.1. The Morgan fingerprint density at radius 1 is 1.08 bits per heavy atom. The zero-order valence-corrected chi connectivity index (χ0v) is 31.2. The van der Waals surface area contributed by atoms with Gasteiger partial charge in [0.05, 0.1) is 17.6 Å². The quantitative estimate of drug-likeness (QED) is 0.140. The molecule has 0 spiro atoms. The smallest absolute Gasteiger partial charge is 0.410 e. The van der Waals surface area contributed by atoms with Gasteiger partial charge in [-0.2, -0.15) is 21.6 Å². The average Bonchev–Trinajstić information content (AvgIpc) is 3.58. The first kappa shape index (κ1) is 39.1. The minimum Gasteiger partial charge on any atom is -0.477 e. The van der Waals surface area contributed by atoms with Crippen LogP contribution in [0.4, 0.5) is 23.8 Å². The van der Waals surface area contributed by atoms with E-state index in [-0.39, 0.29) is 70.9 Å². The SMILES string of the molecule is CC(C)(C)OC(=O)N1C[C@@H](CCCNc2cccc(S(=O)(=O)NC(=O)c3ccc(-n4ccc(OCCC5(C(F)(F)F)CC5)n4)nc3Cl)n2)CC1(C)C. The van der Waals surface area contributed by atoms with Gasteiger partial charge < -0.3 is 19.7 Å². The standard InChI is InChI=1S/C34H43ClF3N7O6S/c1-31(2,3)51-30(47)44-21-22(20-32(44,4)5)8-7-17-39-24-9-6-10-27(40-24)52(48,49)43-29(46)23-11-12-25(41-28(23)35)45-18-13-26(42-45)50-19-16-33(14-15-33)34(36,37)38/h6,9-13,18,22H,7-8,14-17,19-21H2,1-5H3,(H,39,40)(H,43,46)/t22-/m0/s1. The zero-order valence-electron chi connectivity index (χ0n) is 29.6. The molecule has 0 aromatic carbocycles. The van der Waals surface area contributed by atoms with E-state index in [1.165, 1.54) is 41.2 Å². The molecule has 3 aromatic heterocycles. The number of halogens is 4. The fourth-order valence-corrected chi connectivity index (χ4v) is 7.30. The maximum atomic E-state index is 13.2. The second-order valence-electron chi connectivity index (χ2n) is 14.8. The number of nitrogens with one attached hydrogen (secondary N) is 2. The molecule has 1 aliphatic carbocycles. The van der Waals surface area contributed by atoms with Gasteiger partial charge in [-0.05, 0) is 103 Å². The third-order valence-electron chi connectivity index (χ3n) is 9.06. The summed E-state index contributed by atoms with van der Waals surface area (Å²) >= 11 is 6.25. The summed E-state index contributed by atoms with van der Waals surface area (Å²) < 4.78 is 79.9. The number of aromatic nitrogens is 4. The molecule has 0 unspecified atom stereocenters. The monoisotopic (exact) mass is 769 g/mol. The summed E-state index contributed by atoms with van der Waals surface area (Å²) in [6.45, 7) is 10.5. The van der Waals surface area contributed by atoms with Crippen LogP contribution in [-0.4, -0.2) is 82.1 Å². The molecule has 1 saturated carbocycles. The fourth-order valence-electron chi connectivity index (χ4n) is 6.13. The van der Waals surface area contributed by atoms with Crippen molar-refractivity contribution in [2.45, 2.75) is 95.5 Å². The Bertz CT molecular complexity index is 1890. The number of hydrogen-bond acceptors (Lipinski definition) is 10. The summed E-state index contributed by atoms with van der Waals surface area (Å²) in [5.41, 5.74) is -2.82. The van der Waals surface area contributed by atoms with Crippen molar-refractivity contribution in [3.8, 4) is 11.7 Å². The van der Waals surface area contributed by atoms with Gasteiger partial charge in [0.1, 0.15) is 16.6 Å². The van der Waals surface area contributed by atoms with E-state index in [0.717, 1.165) is 19.3 Å². The predicted octanol–water partition coefficient (Wildman–Crippen LogP) is 6.77. The van der Waals surface area contributed by atoms with Crippen LogP contribution in [0.5, 0.6) is 5.88 Å². The first-order chi connectivity index (χ1) is 24.2. The van der Waals surface area contributed by atoms with E-state index in [4.69, 9.17) is 21.1 Å². The van der Waals surface area contributed by atoms with E-state index in [2.05, 4.69) is 20.4 Å². The lowest BCUT2D eigenvalue weighted by atomic mass is 9.93. The molecule has 2 aliphatic rings. The van der Waals surface area contributed by atoms with Gasteiger partial charge in [-0.15, -0.1) is 5.10 Å². The van der Waals surface area contributed by atoms with E-state index >= 15 is 0 Å². The third-order valence-corrected chi connectivity index (χ3v) is 10.6. The zero-order chi connectivity index (χ0) is 38.1. The molecule has 2 fully saturated rings. The number of alkyl halides is 3. The van der Waals surface area contributed by atoms with Crippen LogP contribution >= 0.6 is 11.6 Å². The van der Waals surface area contributed by atoms with E-state index < -0.39 is 33.1 Å². The summed E-state index contributed by atoms with van der Waals surface area (Å²) in [4.78, 5) is 35.8. The highest BCUT2D eigenvalue weighted by atomic mass is 35.5. The lowest BCUT2D eigenvalue weighted by Crippen LogP contribution is -2.45. The number of carbonyl (C=O) groups is 2. The van der Waals surface area contributed by atoms with Crippen molar-refractivity contribution in [1.82, 2.24) is 29.4 Å². The number of nitrogens with zero attached hydrogens (tertiary/aromatic N) is 5. The van der Waals surface area contributed by atoms with Crippen molar-refractivity contribution in [2.75, 3.05) is 25.0 Å². The molecule has 1 saturated heterocycles. The van der Waals surface area contributed by atoms with Crippen molar-refractivity contribution in [2.24, 2.45) is 11.3 Å². The summed E-state index contributed by atoms with van der Waals surface area (Å²) in [7, 11) is -4.41. The lowest BCUT2D eigenvalue weighted by Gasteiger charge is -2.33. The highest BCUT2D eigenvalue weighted by Crippen LogP contribution is 2.59. The molecule has 18 heteroatoms. The maximum absolute atomic E-state index is 13.2. The minimum atomic E-state index is -4.41. The Morgan fingerprint density at radius 3 is 2.46 bits per heavy atom. The fraction of sp³-hybridized carbons (Fsp3) is 0.559. The van der Waals surface area contributed by atoms with Crippen molar-refractivity contribution in [3.63, 3.8) is 0 Å². The molecule has 5 rings (SSSR count). The Balaban J connectivity index is 1.11. The summed E-state index contributed by atoms with van der Waals surface area (Å²) in [5, 5.41) is 6.57. The molecular formula is C34H43ClF3N7O6S. The number of carbonyl (C=O) groups excluding carboxylic acids is 2. The van der Waals surface area contributed by atoms with Crippen molar-refractivity contribution in [1.29, 1.82) is 0 Å². The molecular weight excluding hydrogens is 727 g/mol. The molecule has 4 heterocycles. The number of pyridine rings is 2. The largest absolute Gasteiger partial charge is 0.477 e. The minimum absolute atomic E-state index is 0.0810. The van der Waals surface area contributed by atoms with Crippen LogP contribution in [0.1, 0.15) is 83.5 Å². The van der Waals surface area contributed by atoms with Crippen LogP contribution in [0.3, 0.4) is 0 Å². The maximum Gasteiger partial charge on any atom is 0.410 e. The van der Waals surface area contributed by atoms with Crippen molar-refractivity contribution < 1.29 is 40.7 Å². The van der Waals surface area contributed by atoms with Crippen LogP contribution in [-0.2, 0) is 14.8 Å². The molecule has 1 atom stereocenters. The average molecular weight is 770 g/mol. The summed E-state index contributed by atoms with van der Waals surface area (Å²) in [6, 6.07) is 8.45. The Morgan fingerprint density at radius 2 is 1.81 bits per heavy atom. The van der Waals surface area contributed by atoms with Crippen LogP contribution in [0.25, 0.3) is 5.82 Å². The number of likely N-dealkylation sites (tertiary alicyclic amines) is 1. The molecule has 0 bridgehead atoms. The lowest BCUT2D eigenvalue weighted by molar-refractivity contribution is -0.190. The molecule has 2 N–H and O–H groups in total. The number of hydrogen-bond donors (Lipinski definition) is 2. The van der Waals surface area contributed by atoms with Gasteiger partial charge in [-0.3, -0.25) is 4.79 Å². The van der Waals surface area contributed by atoms with Gasteiger partial charge in [0.2, 0.25) is 5.88 Å². The summed E-state index contributed by atoms with van der Waals surface area (Å²) in [5.74, 6) is -0.216. The number of sulfonamides is 1. The molecule has 3 aromatic rings. The first-order valence-corrected chi connectivity index (χ1v) is 18.8. The van der Waals surface area contributed by atoms with E-state index in [1.54, 1.807) is 11.0 Å². The van der Waals surface area contributed by atoms with Crippen molar-refractivity contribution in [3.05, 3.63) is 53.3 Å². The molecule has 13 nitrogen and oxygen atoms in total. The van der Waals surface area contributed by atoms with Gasteiger partial charge in [-0.25, -0.2) is 24.2 Å². The van der Waals surface area contributed by atoms with Crippen LogP contribution in [0.15, 0.2) is 47.6 Å². The van der Waals surface area contributed by atoms with Gasteiger partial charge in [-0.1, -0.05) is 17.7 Å². The predicted molar refractivity (Wildman–Crippen MR) is 186 cm³/mol. The number of amides is 2. The van der Waals surface area contributed by atoms with Crippen LogP contribution in [0.2, 0.25) is 5.15 Å². The second-order valence-corrected chi connectivity index (χ2v) is 16.8. The van der Waals surface area contributed by atoms with Crippen LogP contribution in [0, 0.1) is 11.3 Å². The number of rotatable bonds is 13. The number of anilines is 1. The highest BCUT2D eigenvalue weighted by molar-refractivity contribution is 7.90. The second kappa shape index (κ2) is 14.7. The van der Waals surface area contributed by atoms with E-state index in [9.17, 15) is 31.2 Å². The first-order valence-electron chi connectivity index (χ1n) is 16.9. The van der Waals surface area contributed by atoms with Crippen LogP contribution < -0.4 is 14.8 Å². The van der Waals surface area contributed by atoms with Gasteiger partial charge >= 0.3 is 12.3 Å². The van der Waals surface area contributed by atoms with E-state index in [0.29, 0.717) is 18.9 Å². The normalized spacial score (nSPS) is 18.2. The number of ether oxygens (including phenoxy) is 2. The molecule has 2 amide bonds. The van der Waals surface area contributed by atoms with Crippen molar-refractivity contribution >= 4 is 39.4 Å². The molecule has 0 radical (unpaired) electrons. The van der Waals surface area contributed by atoms with E-state index in [1.807, 2.05) is 39.3 Å². The van der Waals surface area contributed by atoms with Gasteiger partial charge in [0, 0.05) is 30.9 Å². The highest BCUT2D eigenvalue weighted by Gasteiger charge is 2.62.